The van der Waals surface area contributed by atoms with Gasteiger partial charge in [0.1, 0.15) is 18.2 Å². The van der Waals surface area contributed by atoms with Gasteiger partial charge >= 0.3 is 0 Å². The molecule has 0 bridgehead atoms. The number of aromatic nitrogens is 2. The Labute approximate surface area is 214 Å². The Morgan fingerprint density at radius 3 is 2.95 bits per heavy atom. The minimum absolute atomic E-state index is 0.0296. The molecule has 37 heavy (non-hydrogen) atoms. The highest BCUT2D eigenvalue weighted by Crippen LogP contribution is 2.33. The van der Waals surface area contributed by atoms with E-state index in [-0.39, 0.29) is 29.7 Å². The zero-order chi connectivity index (χ0) is 25.8. The summed E-state index contributed by atoms with van der Waals surface area (Å²) in [5, 5.41) is 5.61. The highest BCUT2D eigenvalue weighted by molar-refractivity contribution is 5.99. The lowest BCUT2D eigenvalue weighted by Gasteiger charge is -2.20. The third-order valence-corrected chi connectivity index (χ3v) is 6.55. The fourth-order valence-electron chi connectivity index (χ4n) is 4.56. The lowest BCUT2D eigenvalue weighted by atomic mass is 10.1. The molecule has 2 aromatic carbocycles. The molecule has 5 rings (SSSR count). The van der Waals surface area contributed by atoms with E-state index in [4.69, 9.17) is 9.47 Å². The van der Waals surface area contributed by atoms with Gasteiger partial charge in [0.25, 0.3) is 5.91 Å². The molecule has 1 aromatic heterocycles. The number of hydrogen-bond acceptors (Lipinski definition) is 7. The molecule has 1 saturated heterocycles. The number of ether oxygens (including phenoxy) is 2. The van der Waals surface area contributed by atoms with Crippen molar-refractivity contribution in [3.8, 4) is 11.6 Å². The number of anilines is 2. The first kappa shape index (κ1) is 24.5. The van der Waals surface area contributed by atoms with E-state index >= 15 is 0 Å². The third kappa shape index (κ3) is 5.32. The summed E-state index contributed by atoms with van der Waals surface area (Å²) in [4.78, 5) is 36.6. The normalized spacial score (nSPS) is 17.0. The predicted molar refractivity (Wildman–Crippen MR) is 135 cm³/mol. The van der Waals surface area contributed by atoms with Crippen molar-refractivity contribution in [1.29, 1.82) is 0 Å². The molecular formula is C27H28FN5O4. The Morgan fingerprint density at radius 2 is 2.11 bits per heavy atom. The summed E-state index contributed by atoms with van der Waals surface area (Å²) >= 11 is 0. The molecule has 3 aromatic rings. The van der Waals surface area contributed by atoms with Crippen molar-refractivity contribution in [1.82, 2.24) is 20.6 Å². The Kier molecular flexibility index (Phi) is 7.16. The summed E-state index contributed by atoms with van der Waals surface area (Å²) in [7, 11) is 1.40. The van der Waals surface area contributed by atoms with Gasteiger partial charge in [0.15, 0.2) is 11.6 Å². The van der Waals surface area contributed by atoms with E-state index in [2.05, 4.69) is 26.7 Å². The highest BCUT2D eigenvalue weighted by atomic mass is 19.1. The van der Waals surface area contributed by atoms with Crippen molar-refractivity contribution in [2.75, 3.05) is 25.1 Å². The van der Waals surface area contributed by atoms with Crippen molar-refractivity contribution in [2.45, 2.75) is 38.3 Å². The molecule has 0 saturated carbocycles. The second-order valence-corrected chi connectivity index (χ2v) is 8.99. The van der Waals surface area contributed by atoms with Gasteiger partial charge in [-0.15, -0.1) is 0 Å². The molecule has 10 heteroatoms. The number of fused-ring (bicyclic) bond motifs is 1. The molecule has 2 amide bonds. The maximum atomic E-state index is 14.2. The van der Waals surface area contributed by atoms with Crippen LogP contribution >= 0.6 is 0 Å². The zero-order valence-electron chi connectivity index (χ0n) is 20.5. The van der Waals surface area contributed by atoms with Crippen LogP contribution in [-0.4, -0.2) is 48.0 Å². The predicted octanol–water partition coefficient (Wildman–Crippen LogP) is 3.30. The number of nitrogens with one attached hydrogen (secondary N) is 2. The molecule has 2 aliphatic heterocycles. The summed E-state index contributed by atoms with van der Waals surface area (Å²) in [5.41, 5.74) is 2.82. The van der Waals surface area contributed by atoms with Gasteiger partial charge in [-0.05, 0) is 55.0 Å². The first-order chi connectivity index (χ1) is 18.0. The zero-order valence-corrected chi connectivity index (χ0v) is 20.5. The van der Waals surface area contributed by atoms with Crippen molar-refractivity contribution < 1.29 is 23.5 Å². The average Bonchev–Trinajstić information content (AvgIpc) is 3.24. The largest absolute Gasteiger partial charge is 0.494 e. The van der Waals surface area contributed by atoms with Crippen molar-refractivity contribution >= 4 is 23.5 Å². The second-order valence-electron chi connectivity index (χ2n) is 8.99. The smallest absolute Gasteiger partial charge is 0.259 e. The summed E-state index contributed by atoms with van der Waals surface area (Å²) in [5.74, 6) is -0.665. The van der Waals surface area contributed by atoms with E-state index in [1.165, 1.54) is 31.0 Å². The van der Waals surface area contributed by atoms with E-state index in [1.54, 1.807) is 6.07 Å². The van der Waals surface area contributed by atoms with Crippen molar-refractivity contribution in [3.63, 3.8) is 0 Å². The van der Waals surface area contributed by atoms with Gasteiger partial charge in [0.05, 0.1) is 7.11 Å². The first-order valence-corrected chi connectivity index (χ1v) is 12.3. The molecule has 3 heterocycles. The van der Waals surface area contributed by atoms with Gasteiger partial charge in [-0.2, -0.15) is 4.98 Å². The van der Waals surface area contributed by atoms with Crippen LogP contribution in [0, 0.1) is 5.82 Å². The second kappa shape index (κ2) is 10.8. The fraction of sp³-hybridized carbons (Fsp3) is 0.333. The number of carbonyl (C=O) groups is 2. The van der Waals surface area contributed by atoms with Crippen molar-refractivity contribution in [2.24, 2.45) is 0 Å². The molecular weight excluding hydrogens is 477 g/mol. The van der Waals surface area contributed by atoms with Crippen LogP contribution in [0.5, 0.6) is 11.6 Å². The Hall–Kier alpha value is -4.21. The van der Waals surface area contributed by atoms with E-state index in [0.29, 0.717) is 31.0 Å². The lowest BCUT2D eigenvalue weighted by molar-refractivity contribution is -0.122. The standard InChI is InChI=1S/C27H28FN5O4/c1-36-23-10-9-17(14-20(23)28)16-37-26-19(24(34)31-21-7-4-5-12-29-25(21)35)15-30-27(32-26)33-13-11-18-6-2-3-8-22(18)33/h2-3,6,8-10,14-15,21H,4-5,7,11-13,16H2,1H3,(H,29,35)(H,31,34)/t21-/m0/s1. The third-order valence-electron chi connectivity index (χ3n) is 6.55. The van der Waals surface area contributed by atoms with E-state index in [1.807, 2.05) is 23.1 Å². The summed E-state index contributed by atoms with van der Waals surface area (Å²) in [6.07, 6.45) is 4.49. The van der Waals surface area contributed by atoms with E-state index in [9.17, 15) is 14.0 Å². The first-order valence-electron chi connectivity index (χ1n) is 12.3. The van der Waals surface area contributed by atoms with Crippen LogP contribution in [0.1, 0.15) is 40.7 Å². The van der Waals surface area contributed by atoms with Gasteiger partial charge in [-0.1, -0.05) is 24.3 Å². The van der Waals surface area contributed by atoms with Gasteiger partial charge in [-0.3, -0.25) is 9.59 Å². The molecule has 2 aliphatic rings. The topological polar surface area (TPSA) is 106 Å². The summed E-state index contributed by atoms with van der Waals surface area (Å²) in [6.45, 7) is 1.25. The number of benzene rings is 2. The maximum absolute atomic E-state index is 14.2. The SMILES string of the molecule is COc1ccc(COc2nc(N3CCc4ccccc43)ncc2C(=O)N[C@H]2CCCCNC2=O)cc1F. The summed E-state index contributed by atoms with van der Waals surface area (Å²) in [6, 6.07) is 11.9. The number of para-hydroxylation sites is 1. The van der Waals surface area contributed by atoms with Crippen LogP contribution in [0.2, 0.25) is 0 Å². The molecule has 0 radical (unpaired) electrons. The Bertz CT molecular complexity index is 1320. The molecule has 9 nitrogen and oxygen atoms in total. The van der Waals surface area contributed by atoms with E-state index < -0.39 is 17.8 Å². The number of halogens is 1. The van der Waals surface area contributed by atoms with Gasteiger partial charge < -0.3 is 25.0 Å². The minimum Gasteiger partial charge on any atom is -0.494 e. The molecule has 1 atom stereocenters. The quantitative estimate of drug-likeness (QED) is 0.508. The van der Waals surface area contributed by atoms with Crippen LogP contribution in [0.15, 0.2) is 48.7 Å². The number of carbonyl (C=O) groups excluding carboxylic acids is 2. The molecule has 1 fully saturated rings. The van der Waals surface area contributed by atoms with Crippen LogP contribution in [0.3, 0.4) is 0 Å². The molecule has 192 valence electrons. The number of hydrogen-bond donors (Lipinski definition) is 2. The van der Waals surface area contributed by atoms with Gasteiger partial charge in [-0.25, -0.2) is 9.37 Å². The molecule has 0 unspecified atom stereocenters. The van der Waals surface area contributed by atoms with Crippen LogP contribution in [0.4, 0.5) is 16.0 Å². The number of methoxy groups -OCH3 is 1. The number of amides is 2. The average molecular weight is 506 g/mol. The highest BCUT2D eigenvalue weighted by Gasteiger charge is 2.27. The fourth-order valence-corrected chi connectivity index (χ4v) is 4.56. The van der Waals surface area contributed by atoms with Gasteiger partial charge in [0, 0.05) is 25.0 Å². The Morgan fingerprint density at radius 1 is 1.24 bits per heavy atom. The summed E-state index contributed by atoms with van der Waals surface area (Å²) < 4.78 is 25.1. The molecule has 0 aliphatic carbocycles. The molecule has 2 N–H and O–H groups in total. The maximum Gasteiger partial charge on any atom is 0.259 e. The van der Waals surface area contributed by atoms with Crippen LogP contribution in [0.25, 0.3) is 0 Å². The van der Waals surface area contributed by atoms with Crippen LogP contribution < -0.4 is 25.0 Å². The number of rotatable bonds is 7. The van der Waals surface area contributed by atoms with E-state index in [0.717, 1.165) is 24.9 Å². The van der Waals surface area contributed by atoms with Crippen molar-refractivity contribution in [3.05, 3.63) is 71.2 Å². The minimum atomic E-state index is -0.649. The monoisotopic (exact) mass is 505 g/mol. The number of nitrogens with zero attached hydrogens (tertiary/aromatic N) is 3. The van der Waals surface area contributed by atoms with Crippen LogP contribution in [-0.2, 0) is 17.8 Å². The molecule has 0 spiro atoms. The van der Waals surface area contributed by atoms with Gasteiger partial charge in [0.2, 0.25) is 17.7 Å². The Balaban J connectivity index is 1.43. The lowest BCUT2D eigenvalue weighted by Crippen LogP contribution is -2.45.